The van der Waals surface area contributed by atoms with E-state index in [2.05, 4.69) is 10.3 Å². The van der Waals surface area contributed by atoms with E-state index in [1.165, 1.54) is 7.11 Å². The molecular formula is C18H21N3O4. The van der Waals surface area contributed by atoms with Crippen LogP contribution in [0.3, 0.4) is 0 Å². The molecule has 1 aromatic carbocycles. The minimum Gasteiger partial charge on any atom is -0.496 e. The molecule has 2 aromatic rings. The maximum Gasteiger partial charge on any atom is 0.252 e. The molecule has 1 aliphatic heterocycles. The first-order chi connectivity index (χ1) is 11.8. The highest BCUT2D eigenvalue weighted by Crippen LogP contribution is 2.33. The van der Waals surface area contributed by atoms with Gasteiger partial charge in [0, 0.05) is 18.0 Å². The Kier molecular flexibility index (Phi) is 4.24. The van der Waals surface area contributed by atoms with Gasteiger partial charge in [0.15, 0.2) is 0 Å². The number of hydrogen-bond donors (Lipinski definition) is 2. The van der Waals surface area contributed by atoms with Crippen LogP contribution in [0.25, 0.3) is 10.8 Å². The number of rotatable bonds is 5. The van der Waals surface area contributed by atoms with Gasteiger partial charge in [-0.05, 0) is 29.0 Å². The Bertz CT molecular complexity index is 848. The summed E-state index contributed by atoms with van der Waals surface area (Å²) in [6.45, 7) is 4.36. The molecule has 3 N–H and O–H groups in total. The van der Waals surface area contributed by atoms with Crippen LogP contribution in [0.15, 0.2) is 24.4 Å². The number of pyridine rings is 1. The van der Waals surface area contributed by atoms with Crippen molar-refractivity contribution < 1.29 is 19.1 Å². The van der Waals surface area contributed by atoms with Gasteiger partial charge >= 0.3 is 0 Å². The smallest absolute Gasteiger partial charge is 0.252 e. The summed E-state index contributed by atoms with van der Waals surface area (Å²) in [5.41, 5.74) is 5.52. The van der Waals surface area contributed by atoms with Gasteiger partial charge < -0.3 is 20.5 Å². The molecule has 2 amide bonds. The van der Waals surface area contributed by atoms with Crippen molar-refractivity contribution in [1.82, 2.24) is 10.3 Å². The van der Waals surface area contributed by atoms with Gasteiger partial charge in [0.2, 0.25) is 11.8 Å². The van der Waals surface area contributed by atoms with Crippen LogP contribution in [-0.2, 0) is 4.79 Å². The fourth-order valence-electron chi connectivity index (χ4n) is 3.06. The van der Waals surface area contributed by atoms with Crippen molar-refractivity contribution >= 4 is 22.6 Å². The van der Waals surface area contributed by atoms with Crippen molar-refractivity contribution in [3.8, 4) is 11.6 Å². The zero-order valence-corrected chi connectivity index (χ0v) is 14.5. The second-order valence-electron chi connectivity index (χ2n) is 6.85. The van der Waals surface area contributed by atoms with Crippen LogP contribution < -0.4 is 20.5 Å². The molecule has 0 saturated carbocycles. The average Bonchev–Trinajstić information content (AvgIpc) is 2.83. The van der Waals surface area contributed by atoms with E-state index in [9.17, 15) is 9.59 Å². The van der Waals surface area contributed by atoms with Crippen LogP contribution >= 0.6 is 0 Å². The van der Waals surface area contributed by atoms with Crippen LogP contribution in [0.5, 0.6) is 11.6 Å². The summed E-state index contributed by atoms with van der Waals surface area (Å²) >= 11 is 0. The van der Waals surface area contributed by atoms with Crippen molar-refractivity contribution in [2.24, 2.45) is 11.1 Å². The maximum absolute atomic E-state index is 11.6. The monoisotopic (exact) mass is 343 g/mol. The van der Waals surface area contributed by atoms with Gasteiger partial charge in [-0.2, -0.15) is 0 Å². The number of hydrogen-bond acceptors (Lipinski definition) is 5. The normalized spacial score (nSPS) is 18.8. The minimum absolute atomic E-state index is 0.0252. The van der Waals surface area contributed by atoms with Crippen LogP contribution in [0.2, 0.25) is 0 Å². The molecule has 3 rings (SSSR count). The van der Waals surface area contributed by atoms with Crippen molar-refractivity contribution in [2.45, 2.75) is 26.3 Å². The van der Waals surface area contributed by atoms with Crippen LogP contribution in [-0.4, -0.2) is 36.6 Å². The number of primary amides is 1. The van der Waals surface area contributed by atoms with Gasteiger partial charge in [-0.1, -0.05) is 13.8 Å². The second kappa shape index (κ2) is 6.23. The molecule has 0 bridgehead atoms. The third kappa shape index (κ3) is 3.22. The number of nitrogens with zero attached hydrogens (tertiary/aromatic N) is 1. The van der Waals surface area contributed by atoms with Gasteiger partial charge in [0.1, 0.15) is 12.4 Å². The maximum atomic E-state index is 11.6. The molecule has 7 heteroatoms. The van der Waals surface area contributed by atoms with Gasteiger partial charge in [0.25, 0.3) is 5.91 Å². The molecule has 7 nitrogen and oxygen atoms in total. The van der Waals surface area contributed by atoms with Crippen LogP contribution in [0.1, 0.15) is 30.6 Å². The summed E-state index contributed by atoms with van der Waals surface area (Å²) in [7, 11) is 1.47. The Balaban J connectivity index is 1.92. The lowest BCUT2D eigenvalue weighted by molar-refractivity contribution is -0.119. The predicted octanol–water partition coefficient (Wildman–Crippen LogP) is 1.64. The highest BCUT2D eigenvalue weighted by atomic mass is 16.5. The first kappa shape index (κ1) is 17.0. The number of benzene rings is 1. The highest BCUT2D eigenvalue weighted by molar-refractivity contribution is 6.01. The fourth-order valence-corrected chi connectivity index (χ4v) is 3.06. The Morgan fingerprint density at radius 3 is 2.80 bits per heavy atom. The standard InChI is InChI=1S/C18H21N3O4/c1-18(2)8-15(22)21-14(18)9-25-17-11-7-13(24-3)12(16(19)23)6-10(11)4-5-20-17/h4-7,14H,8-9H2,1-3H3,(H2,19,23)(H,21,22)/t14-/m0/s1. The third-order valence-electron chi connectivity index (χ3n) is 4.59. The number of carbonyl (C=O) groups excluding carboxylic acids is 2. The molecule has 1 aromatic heterocycles. The van der Waals surface area contributed by atoms with Gasteiger partial charge in [0.05, 0.1) is 18.7 Å². The molecular weight excluding hydrogens is 322 g/mol. The Morgan fingerprint density at radius 2 is 2.20 bits per heavy atom. The molecule has 1 fully saturated rings. The van der Waals surface area contributed by atoms with E-state index < -0.39 is 5.91 Å². The molecule has 1 atom stereocenters. The van der Waals surface area contributed by atoms with E-state index in [0.29, 0.717) is 35.6 Å². The molecule has 1 saturated heterocycles. The predicted molar refractivity (Wildman–Crippen MR) is 92.6 cm³/mol. The number of nitrogens with two attached hydrogens (primary N) is 1. The molecule has 2 heterocycles. The van der Waals surface area contributed by atoms with Crippen molar-refractivity contribution in [2.75, 3.05) is 13.7 Å². The zero-order valence-electron chi connectivity index (χ0n) is 14.5. The summed E-state index contributed by atoms with van der Waals surface area (Å²) in [6.07, 6.45) is 2.08. The van der Waals surface area contributed by atoms with Crippen molar-refractivity contribution in [3.63, 3.8) is 0 Å². The SMILES string of the molecule is COc1cc2c(OC[C@@H]3NC(=O)CC3(C)C)nccc2cc1C(N)=O. The van der Waals surface area contributed by atoms with E-state index in [1.54, 1.807) is 24.4 Å². The lowest BCUT2D eigenvalue weighted by Gasteiger charge is -2.25. The van der Waals surface area contributed by atoms with Crippen LogP contribution in [0.4, 0.5) is 0 Å². The number of fused-ring (bicyclic) bond motifs is 1. The highest BCUT2D eigenvalue weighted by Gasteiger charge is 2.39. The summed E-state index contributed by atoms with van der Waals surface area (Å²) in [4.78, 5) is 27.5. The van der Waals surface area contributed by atoms with E-state index in [0.717, 1.165) is 5.39 Å². The van der Waals surface area contributed by atoms with Gasteiger partial charge in [-0.15, -0.1) is 0 Å². The topological polar surface area (TPSA) is 104 Å². The summed E-state index contributed by atoms with van der Waals surface area (Å²) in [5.74, 6) is 0.252. The van der Waals surface area contributed by atoms with E-state index in [-0.39, 0.29) is 17.4 Å². The van der Waals surface area contributed by atoms with Crippen LogP contribution in [0, 0.1) is 5.41 Å². The van der Waals surface area contributed by atoms with Gasteiger partial charge in [-0.25, -0.2) is 4.98 Å². The largest absolute Gasteiger partial charge is 0.496 e. The van der Waals surface area contributed by atoms with E-state index in [1.807, 2.05) is 13.8 Å². The van der Waals surface area contributed by atoms with E-state index in [4.69, 9.17) is 15.2 Å². The number of methoxy groups -OCH3 is 1. The van der Waals surface area contributed by atoms with Gasteiger partial charge in [-0.3, -0.25) is 9.59 Å². The molecule has 132 valence electrons. The summed E-state index contributed by atoms with van der Waals surface area (Å²) in [6, 6.07) is 5.03. The third-order valence-corrected chi connectivity index (χ3v) is 4.59. The van der Waals surface area contributed by atoms with E-state index >= 15 is 0 Å². The number of carbonyl (C=O) groups is 2. The van der Waals surface area contributed by atoms with Crippen molar-refractivity contribution in [1.29, 1.82) is 0 Å². The molecule has 0 unspecified atom stereocenters. The number of amides is 2. The molecule has 1 aliphatic rings. The number of nitrogens with one attached hydrogen (secondary N) is 1. The lowest BCUT2D eigenvalue weighted by atomic mass is 9.85. The molecule has 25 heavy (non-hydrogen) atoms. The molecule has 0 aliphatic carbocycles. The first-order valence-electron chi connectivity index (χ1n) is 8.00. The first-order valence-corrected chi connectivity index (χ1v) is 8.00. The van der Waals surface area contributed by atoms with Crippen molar-refractivity contribution in [3.05, 3.63) is 30.0 Å². The fraction of sp³-hybridized carbons (Fsp3) is 0.389. The Hall–Kier alpha value is -2.83. The zero-order chi connectivity index (χ0) is 18.2. The number of aromatic nitrogens is 1. The number of ether oxygens (including phenoxy) is 2. The minimum atomic E-state index is -0.562. The summed E-state index contributed by atoms with van der Waals surface area (Å²) in [5, 5.41) is 4.42. The summed E-state index contributed by atoms with van der Waals surface area (Å²) < 4.78 is 11.1. The Morgan fingerprint density at radius 1 is 1.44 bits per heavy atom. The molecule has 0 spiro atoms. The molecule has 0 radical (unpaired) electrons. The quantitative estimate of drug-likeness (QED) is 0.859. The average molecular weight is 343 g/mol. The second-order valence-corrected chi connectivity index (χ2v) is 6.85. The lowest BCUT2D eigenvalue weighted by Crippen LogP contribution is -2.38. The Labute approximate surface area is 145 Å².